The lowest BCUT2D eigenvalue weighted by Crippen LogP contribution is -2.02. The molecular formula is C11H11FO3. The van der Waals surface area contributed by atoms with E-state index in [2.05, 4.69) is 6.58 Å². The fraction of sp³-hybridized carbons (Fsp3) is 0.182. The predicted octanol–water partition coefficient (Wildman–Crippen LogP) is 2.53. The van der Waals surface area contributed by atoms with E-state index in [-0.39, 0.29) is 5.56 Å². The molecule has 1 aromatic rings. The minimum absolute atomic E-state index is 0.333. The Morgan fingerprint density at radius 1 is 1.60 bits per heavy atom. The van der Waals surface area contributed by atoms with Gasteiger partial charge >= 0.3 is 5.97 Å². The first-order valence-corrected chi connectivity index (χ1v) is 4.41. The van der Waals surface area contributed by atoms with Gasteiger partial charge in [-0.15, -0.1) is 0 Å². The highest BCUT2D eigenvalue weighted by Gasteiger charge is 2.12. The molecule has 0 radical (unpaired) electrons. The first kappa shape index (κ1) is 11.2. The third kappa shape index (κ3) is 2.56. The lowest BCUT2D eigenvalue weighted by molar-refractivity contribution is 0.0692. The molecule has 80 valence electrons. The number of rotatable bonds is 4. The van der Waals surface area contributed by atoms with Gasteiger partial charge in [-0.05, 0) is 25.1 Å². The van der Waals surface area contributed by atoms with E-state index in [1.807, 2.05) is 0 Å². The predicted molar refractivity (Wildman–Crippen MR) is 54.0 cm³/mol. The molecule has 0 heterocycles. The molecule has 0 spiro atoms. The second kappa shape index (κ2) is 4.59. The number of halogens is 1. The number of carboxylic acid groups (broad SMARTS) is 1. The summed E-state index contributed by atoms with van der Waals surface area (Å²) in [6, 6.07) is 3.72. The van der Waals surface area contributed by atoms with Crippen LogP contribution in [0.5, 0.6) is 0 Å². The first-order chi connectivity index (χ1) is 7.06. The zero-order valence-electron chi connectivity index (χ0n) is 8.29. The third-order valence-corrected chi connectivity index (χ3v) is 1.84. The van der Waals surface area contributed by atoms with E-state index < -0.39 is 11.8 Å². The summed E-state index contributed by atoms with van der Waals surface area (Å²) in [5.74, 6) is -1.74. The maximum Gasteiger partial charge on any atom is 0.338 e. The van der Waals surface area contributed by atoms with Crippen LogP contribution in [0.1, 0.15) is 22.8 Å². The monoisotopic (exact) mass is 210 g/mol. The number of aromatic carboxylic acids is 1. The van der Waals surface area contributed by atoms with Crippen molar-refractivity contribution in [2.24, 2.45) is 0 Å². The van der Waals surface area contributed by atoms with E-state index in [9.17, 15) is 9.18 Å². The number of hydrogen-bond donors (Lipinski definition) is 1. The van der Waals surface area contributed by atoms with Crippen molar-refractivity contribution in [2.75, 3.05) is 6.61 Å². The highest BCUT2D eigenvalue weighted by molar-refractivity contribution is 5.89. The zero-order chi connectivity index (χ0) is 11.4. The fourth-order valence-corrected chi connectivity index (χ4v) is 1.12. The number of carboxylic acids is 1. The van der Waals surface area contributed by atoms with Gasteiger partial charge in [-0.1, -0.05) is 6.58 Å². The van der Waals surface area contributed by atoms with Crippen LogP contribution in [0.25, 0.3) is 5.76 Å². The normalized spacial score (nSPS) is 9.73. The van der Waals surface area contributed by atoms with Crippen LogP contribution in [0.3, 0.4) is 0 Å². The average molecular weight is 210 g/mol. The summed E-state index contributed by atoms with van der Waals surface area (Å²) in [5.41, 5.74) is 0.0870. The molecule has 0 aromatic heterocycles. The van der Waals surface area contributed by atoms with Gasteiger partial charge in [0.1, 0.15) is 11.6 Å². The van der Waals surface area contributed by atoms with Crippen LogP contribution in [-0.4, -0.2) is 17.7 Å². The van der Waals surface area contributed by atoms with Gasteiger partial charge in [-0.25, -0.2) is 9.18 Å². The SMILES string of the molecule is C=C(OCC)c1ccc(F)c(C(=O)O)c1. The van der Waals surface area contributed by atoms with Crippen LogP contribution < -0.4 is 0 Å². The van der Waals surface area contributed by atoms with E-state index in [0.717, 1.165) is 6.07 Å². The maximum absolute atomic E-state index is 13.0. The van der Waals surface area contributed by atoms with Gasteiger partial charge in [-0.3, -0.25) is 0 Å². The van der Waals surface area contributed by atoms with Gasteiger partial charge in [0, 0.05) is 5.56 Å². The van der Waals surface area contributed by atoms with E-state index in [1.165, 1.54) is 12.1 Å². The lowest BCUT2D eigenvalue weighted by Gasteiger charge is -2.07. The Balaban J connectivity index is 3.07. The second-order valence-electron chi connectivity index (χ2n) is 2.86. The van der Waals surface area contributed by atoms with Crippen molar-refractivity contribution in [2.45, 2.75) is 6.92 Å². The molecule has 0 aliphatic carbocycles. The zero-order valence-corrected chi connectivity index (χ0v) is 8.29. The standard InChI is InChI=1S/C11H11FO3/c1-3-15-7(2)8-4-5-10(12)9(6-8)11(13)14/h4-6H,2-3H2,1H3,(H,13,14). The van der Waals surface area contributed by atoms with Gasteiger partial charge in [0.15, 0.2) is 0 Å². The molecule has 0 atom stereocenters. The smallest absolute Gasteiger partial charge is 0.338 e. The summed E-state index contributed by atoms with van der Waals surface area (Å²) < 4.78 is 18.1. The fourth-order valence-electron chi connectivity index (χ4n) is 1.12. The molecule has 0 saturated heterocycles. The van der Waals surface area contributed by atoms with E-state index in [0.29, 0.717) is 17.9 Å². The highest BCUT2D eigenvalue weighted by Crippen LogP contribution is 2.17. The molecule has 0 aliphatic heterocycles. The molecule has 0 bridgehead atoms. The van der Waals surface area contributed by atoms with Crippen LogP contribution in [0, 0.1) is 5.82 Å². The lowest BCUT2D eigenvalue weighted by atomic mass is 10.1. The van der Waals surface area contributed by atoms with Crippen LogP contribution in [0.15, 0.2) is 24.8 Å². The van der Waals surface area contributed by atoms with Crippen molar-refractivity contribution in [3.05, 3.63) is 41.7 Å². The van der Waals surface area contributed by atoms with E-state index in [1.54, 1.807) is 6.92 Å². The number of benzene rings is 1. The van der Waals surface area contributed by atoms with Gasteiger partial charge in [0.2, 0.25) is 0 Å². The topological polar surface area (TPSA) is 46.5 Å². The first-order valence-electron chi connectivity index (χ1n) is 4.41. The van der Waals surface area contributed by atoms with Crippen molar-refractivity contribution in [3.63, 3.8) is 0 Å². The molecule has 0 amide bonds. The molecule has 0 saturated carbocycles. The van der Waals surface area contributed by atoms with Crippen LogP contribution in [0.2, 0.25) is 0 Å². The molecule has 3 nitrogen and oxygen atoms in total. The molecule has 0 unspecified atom stereocenters. The number of carbonyl (C=O) groups is 1. The molecule has 1 N–H and O–H groups in total. The molecule has 1 aromatic carbocycles. The Bertz CT molecular complexity index is 399. The van der Waals surface area contributed by atoms with E-state index >= 15 is 0 Å². The van der Waals surface area contributed by atoms with Crippen molar-refractivity contribution in [1.29, 1.82) is 0 Å². The van der Waals surface area contributed by atoms with E-state index in [4.69, 9.17) is 9.84 Å². The van der Waals surface area contributed by atoms with Gasteiger partial charge in [0.05, 0.1) is 12.2 Å². The number of hydrogen-bond acceptors (Lipinski definition) is 2. The van der Waals surface area contributed by atoms with Gasteiger partial charge < -0.3 is 9.84 Å². The molecule has 0 fully saturated rings. The van der Waals surface area contributed by atoms with Crippen molar-refractivity contribution >= 4 is 11.7 Å². The molecule has 1 rings (SSSR count). The molecule has 4 heteroatoms. The van der Waals surface area contributed by atoms with Crippen molar-refractivity contribution in [3.8, 4) is 0 Å². The van der Waals surface area contributed by atoms with Crippen LogP contribution in [0.4, 0.5) is 4.39 Å². The molecule has 15 heavy (non-hydrogen) atoms. The van der Waals surface area contributed by atoms with Gasteiger partial charge in [0.25, 0.3) is 0 Å². The summed E-state index contributed by atoms with van der Waals surface area (Å²) >= 11 is 0. The quantitative estimate of drug-likeness (QED) is 0.777. The minimum Gasteiger partial charge on any atom is -0.494 e. The largest absolute Gasteiger partial charge is 0.494 e. The van der Waals surface area contributed by atoms with Crippen LogP contribution in [-0.2, 0) is 4.74 Å². The highest BCUT2D eigenvalue weighted by atomic mass is 19.1. The second-order valence-corrected chi connectivity index (χ2v) is 2.86. The Hall–Kier alpha value is -1.84. The third-order valence-electron chi connectivity index (χ3n) is 1.84. The summed E-state index contributed by atoms with van der Waals surface area (Å²) in [6.07, 6.45) is 0. The summed E-state index contributed by atoms with van der Waals surface area (Å²) in [5, 5.41) is 8.69. The Labute approximate surface area is 86.8 Å². The van der Waals surface area contributed by atoms with Gasteiger partial charge in [-0.2, -0.15) is 0 Å². The Morgan fingerprint density at radius 2 is 2.27 bits per heavy atom. The Kier molecular flexibility index (Phi) is 3.44. The average Bonchev–Trinajstić information content (AvgIpc) is 2.18. The van der Waals surface area contributed by atoms with Crippen LogP contribution >= 0.6 is 0 Å². The summed E-state index contributed by atoms with van der Waals surface area (Å²) in [7, 11) is 0. The summed E-state index contributed by atoms with van der Waals surface area (Å²) in [6.45, 7) is 5.82. The maximum atomic E-state index is 13.0. The molecular weight excluding hydrogens is 199 g/mol. The molecule has 0 aliphatic rings. The van der Waals surface area contributed by atoms with Crippen molar-refractivity contribution in [1.82, 2.24) is 0 Å². The number of ether oxygens (including phenoxy) is 1. The minimum atomic E-state index is -1.31. The summed E-state index contributed by atoms with van der Waals surface area (Å²) in [4.78, 5) is 10.6. The van der Waals surface area contributed by atoms with Crippen molar-refractivity contribution < 1.29 is 19.0 Å². The Morgan fingerprint density at radius 3 is 2.80 bits per heavy atom.